The summed E-state index contributed by atoms with van der Waals surface area (Å²) in [5, 5.41) is 2.40. The van der Waals surface area contributed by atoms with E-state index in [1.807, 2.05) is 0 Å². The summed E-state index contributed by atoms with van der Waals surface area (Å²) in [6, 6.07) is 5.09. The molecule has 0 atom stereocenters. The SMILES string of the molecule is Cc1ccc(S(=O)(=O)N2CCCCC2)cc1C(=O)Nc1nc2c(F)c(F)c(F)cc2s1. The lowest BCUT2D eigenvalue weighted by molar-refractivity contribution is 0.102. The second kappa shape index (κ2) is 8.21. The maximum atomic E-state index is 13.9. The molecule has 1 aromatic heterocycles. The van der Waals surface area contributed by atoms with Crippen molar-refractivity contribution in [3.63, 3.8) is 0 Å². The van der Waals surface area contributed by atoms with Crippen LogP contribution >= 0.6 is 11.3 Å². The number of aromatic nitrogens is 1. The van der Waals surface area contributed by atoms with E-state index in [4.69, 9.17) is 0 Å². The van der Waals surface area contributed by atoms with Crippen LogP contribution in [0.5, 0.6) is 0 Å². The topological polar surface area (TPSA) is 79.4 Å². The molecule has 2 heterocycles. The van der Waals surface area contributed by atoms with Gasteiger partial charge in [-0.2, -0.15) is 4.31 Å². The van der Waals surface area contributed by atoms with E-state index in [9.17, 15) is 26.4 Å². The quantitative estimate of drug-likeness (QED) is 0.573. The number of thiazole rings is 1. The smallest absolute Gasteiger partial charge is 0.257 e. The molecule has 4 rings (SSSR count). The Labute approximate surface area is 180 Å². The number of sulfonamides is 1. The van der Waals surface area contributed by atoms with Gasteiger partial charge in [-0.25, -0.2) is 26.6 Å². The van der Waals surface area contributed by atoms with Crippen LogP contribution in [0.4, 0.5) is 18.3 Å². The molecule has 0 saturated carbocycles. The zero-order chi connectivity index (χ0) is 22.3. The van der Waals surface area contributed by atoms with Gasteiger partial charge in [-0.1, -0.05) is 23.8 Å². The number of nitrogens with zero attached hydrogens (tertiary/aromatic N) is 2. The lowest BCUT2D eigenvalue weighted by Crippen LogP contribution is -2.35. The maximum Gasteiger partial charge on any atom is 0.257 e. The van der Waals surface area contributed by atoms with Gasteiger partial charge in [-0.05, 0) is 43.5 Å². The van der Waals surface area contributed by atoms with Gasteiger partial charge in [0.15, 0.2) is 22.6 Å². The number of carbonyl (C=O) groups is 1. The summed E-state index contributed by atoms with van der Waals surface area (Å²) < 4.78 is 68.0. The normalized spacial score (nSPS) is 15.4. The van der Waals surface area contributed by atoms with Crippen LogP contribution in [0.2, 0.25) is 0 Å². The number of carbonyl (C=O) groups excluding carboxylic acids is 1. The highest BCUT2D eigenvalue weighted by Gasteiger charge is 2.27. The van der Waals surface area contributed by atoms with Gasteiger partial charge in [-0.3, -0.25) is 10.1 Å². The molecule has 0 radical (unpaired) electrons. The van der Waals surface area contributed by atoms with Gasteiger partial charge in [0.25, 0.3) is 5.91 Å². The largest absolute Gasteiger partial charge is 0.298 e. The number of rotatable bonds is 4. The number of aryl methyl sites for hydroxylation is 1. The van der Waals surface area contributed by atoms with E-state index in [1.165, 1.54) is 22.5 Å². The van der Waals surface area contributed by atoms with Gasteiger partial charge in [0.1, 0.15) is 5.52 Å². The van der Waals surface area contributed by atoms with E-state index in [1.54, 1.807) is 6.92 Å². The second-order valence-electron chi connectivity index (χ2n) is 7.25. The molecular weight excluding hydrogens is 451 g/mol. The Balaban J connectivity index is 1.64. The molecule has 0 aliphatic carbocycles. The third-order valence-electron chi connectivity index (χ3n) is 5.15. The lowest BCUT2D eigenvalue weighted by atomic mass is 10.1. The standard InChI is InChI=1S/C20H18F3N3O3S2/c1-11-5-6-12(31(28,29)26-7-3-2-4-8-26)9-13(11)19(27)25-20-24-18-15(30-20)10-14(21)16(22)17(18)23/h5-6,9-10H,2-4,7-8H2,1H3,(H,24,25,27). The summed E-state index contributed by atoms with van der Waals surface area (Å²) in [7, 11) is -3.74. The number of amides is 1. The maximum absolute atomic E-state index is 13.9. The first-order chi connectivity index (χ1) is 14.7. The highest BCUT2D eigenvalue weighted by atomic mass is 32.2. The molecule has 3 aromatic rings. The van der Waals surface area contributed by atoms with Gasteiger partial charge in [0.05, 0.1) is 9.60 Å². The number of fused-ring (bicyclic) bond motifs is 1. The Bertz CT molecular complexity index is 1290. The minimum Gasteiger partial charge on any atom is -0.298 e. The summed E-state index contributed by atoms with van der Waals surface area (Å²) >= 11 is 0.779. The van der Waals surface area contributed by atoms with Gasteiger partial charge in [0, 0.05) is 18.7 Å². The van der Waals surface area contributed by atoms with E-state index in [0.29, 0.717) is 18.7 Å². The molecule has 31 heavy (non-hydrogen) atoms. The van der Waals surface area contributed by atoms with Crippen molar-refractivity contribution in [1.82, 2.24) is 9.29 Å². The molecule has 1 N–H and O–H groups in total. The minimum absolute atomic E-state index is 0.00429. The highest BCUT2D eigenvalue weighted by molar-refractivity contribution is 7.89. The van der Waals surface area contributed by atoms with Crippen molar-refractivity contribution in [1.29, 1.82) is 0 Å². The monoisotopic (exact) mass is 469 g/mol. The third-order valence-corrected chi connectivity index (χ3v) is 7.96. The number of nitrogens with one attached hydrogen (secondary N) is 1. The van der Waals surface area contributed by atoms with Gasteiger partial charge in [-0.15, -0.1) is 0 Å². The Hall–Kier alpha value is -2.50. The summed E-state index contributed by atoms with van der Waals surface area (Å²) in [6.07, 6.45) is 2.55. The number of piperidine rings is 1. The lowest BCUT2D eigenvalue weighted by Gasteiger charge is -2.26. The van der Waals surface area contributed by atoms with Crippen LogP contribution in [0.1, 0.15) is 35.2 Å². The van der Waals surface area contributed by atoms with Crippen molar-refractivity contribution in [3.05, 3.63) is 52.8 Å². The fourth-order valence-corrected chi connectivity index (χ4v) is 5.88. The fourth-order valence-electron chi connectivity index (χ4n) is 3.45. The molecule has 6 nitrogen and oxygen atoms in total. The van der Waals surface area contributed by atoms with E-state index in [2.05, 4.69) is 10.3 Å². The molecule has 0 spiro atoms. The van der Waals surface area contributed by atoms with Crippen LogP contribution in [-0.2, 0) is 10.0 Å². The van der Waals surface area contributed by atoms with E-state index < -0.39 is 38.9 Å². The average Bonchev–Trinajstić information content (AvgIpc) is 3.15. The van der Waals surface area contributed by atoms with Crippen LogP contribution < -0.4 is 5.32 Å². The highest BCUT2D eigenvalue weighted by Crippen LogP contribution is 2.31. The third kappa shape index (κ3) is 4.04. The zero-order valence-electron chi connectivity index (χ0n) is 16.4. The first kappa shape index (κ1) is 21.7. The molecule has 164 valence electrons. The second-order valence-corrected chi connectivity index (χ2v) is 10.2. The number of benzene rings is 2. The van der Waals surface area contributed by atoms with Crippen molar-refractivity contribution in [2.75, 3.05) is 18.4 Å². The van der Waals surface area contributed by atoms with E-state index in [-0.39, 0.29) is 20.3 Å². The molecule has 2 aromatic carbocycles. The molecule has 1 fully saturated rings. The predicted octanol–water partition coefficient (Wildman–Crippen LogP) is 4.45. The van der Waals surface area contributed by atoms with Gasteiger partial charge in [0.2, 0.25) is 10.0 Å². The molecule has 1 amide bonds. The van der Waals surface area contributed by atoms with Crippen LogP contribution in [0.25, 0.3) is 10.2 Å². The average molecular weight is 470 g/mol. The van der Waals surface area contributed by atoms with Gasteiger partial charge >= 0.3 is 0 Å². The van der Waals surface area contributed by atoms with Crippen LogP contribution in [0.15, 0.2) is 29.2 Å². The Morgan fingerprint density at radius 2 is 1.81 bits per heavy atom. The number of hydrogen-bond donors (Lipinski definition) is 1. The molecule has 0 bridgehead atoms. The molecule has 1 aliphatic heterocycles. The first-order valence-corrected chi connectivity index (χ1v) is 11.8. The molecule has 1 aliphatic rings. The van der Waals surface area contributed by atoms with E-state index >= 15 is 0 Å². The molecular formula is C20H18F3N3O3S2. The summed E-state index contributed by atoms with van der Waals surface area (Å²) in [6.45, 7) is 2.51. The van der Waals surface area contributed by atoms with Crippen molar-refractivity contribution in [2.24, 2.45) is 0 Å². The number of anilines is 1. The number of hydrogen-bond acceptors (Lipinski definition) is 5. The fraction of sp³-hybridized carbons (Fsp3) is 0.300. The molecule has 11 heteroatoms. The number of halogens is 3. The van der Waals surface area contributed by atoms with Crippen molar-refractivity contribution < 1.29 is 26.4 Å². The van der Waals surface area contributed by atoms with E-state index in [0.717, 1.165) is 36.7 Å². The summed E-state index contributed by atoms with van der Waals surface area (Å²) in [4.78, 5) is 16.6. The van der Waals surface area contributed by atoms with Crippen LogP contribution in [0.3, 0.4) is 0 Å². The van der Waals surface area contributed by atoms with Crippen LogP contribution in [-0.4, -0.2) is 36.7 Å². The zero-order valence-corrected chi connectivity index (χ0v) is 18.0. The molecule has 1 saturated heterocycles. The van der Waals surface area contributed by atoms with Crippen molar-refractivity contribution >= 4 is 42.6 Å². The van der Waals surface area contributed by atoms with Crippen molar-refractivity contribution in [3.8, 4) is 0 Å². The van der Waals surface area contributed by atoms with Crippen LogP contribution in [0, 0.1) is 24.4 Å². The Morgan fingerprint density at radius 3 is 2.52 bits per heavy atom. The Morgan fingerprint density at radius 1 is 1.10 bits per heavy atom. The predicted molar refractivity (Wildman–Crippen MR) is 111 cm³/mol. The summed E-state index contributed by atoms with van der Waals surface area (Å²) in [5.74, 6) is -5.08. The molecule has 0 unspecified atom stereocenters. The van der Waals surface area contributed by atoms with Gasteiger partial charge < -0.3 is 0 Å². The first-order valence-electron chi connectivity index (χ1n) is 9.54. The van der Waals surface area contributed by atoms with Crippen molar-refractivity contribution in [2.45, 2.75) is 31.1 Å². The Kier molecular flexibility index (Phi) is 5.75. The minimum atomic E-state index is -3.74. The summed E-state index contributed by atoms with van der Waals surface area (Å²) in [5.41, 5.74) is 0.243.